The van der Waals surface area contributed by atoms with Crippen LogP contribution >= 0.6 is 0 Å². The topological polar surface area (TPSA) is 67.3 Å². The maximum absolute atomic E-state index is 12.3. The first-order valence-corrected chi connectivity index (χ1v) is 7.25. The number of carbonyl (C=O) groups excluding carboxylic acids is 1. The van der Waals surface area contributed by atoms with E-state index in [1.807, 2.05) is 36.4 Å². The van der Waals surface area contributed by atoms with Crippen LogP contribution in [0.5, 0.6) is 5.75 Å². The summed E-state index contributed by atoms with van der Waals surface area (Å²) in [4.78, 5) is 22.0. The molecule has 114 valence electrons. The molecule has 1 aliphatic rings. The molecule has 1 saturated heterocycles. The van der Waals surface area contributed by atoms with E-state index in [9.17, 15) is 4.79 Å². The molecule has 22 heavy (non-hydrogen) atoms. The highest BCUT2D eigenvalue weighted by molar-refractivity contribution is 5.82. The molecule has 1 aromatic carbocycles. The summed E-state index contributed by atoms with van der Waals surface area (Å²) < 4.78 is 5.65. The van der Waals surface area contributed by atoms with Gasteiger partial charge in [0.25, 0.3) is 5.91 Å². The lowest BCUT2D eigenvalue weighted by atomic mass is 10.1. The van der Waals surface area contributed by atoms with E-state index in [2.05, 4.69) is 15.3 Å². The van der Waals surface area contributed by atoms with Crippen molar-refractivity contribution in [1.29, 1.82) is 0 Å². The van der Waals surface area contributed by atoms with Crippen molar-refractivity contribution in [3.05, 3.63) is 48.9 Å². The monoisotopic (exact) mass is 298 g/mol. The van der Waals surface area contributed by atoms with Crippen LogP contribution in [0.25, 0.3) is 0 Å². The molecule has 0 aliphatic carbocycles. The van der Waals surface area contributed by atoms with Crippen LogP contribution in [0.15, 0.2) is 48.9 Å². The highest BCUT2D eigenvalue weighted by Crippen LogP contribution is 2.17. The average Bonchev–Trinajstić information content (AvgIpc) is 2.52. The maximum atomic E-state index is 12.3. The first-order valence-electron chi connectivity index (χ1n) is 7.25. The average molecular weight is 298 g/mol. The molecule has 2 aromatic rings. The predicted octanol–water partition coefficient (Wildman–Crippen LogP) is 1.57. The minimum atomic E-state index is -0.484. The van der Waals surface area contributed by atoms with Gasteiger partial charge < -0.3 is 15.0 Å². The van der Waals surface area contributed by atoms with Crippen LogP contribution < -0.4 is 10.1 Å². The number of aromatic nitrogens is 2. The van der Waals surface area contributed by atoms with Gasteiger partial charge >= 0.3 is 0 Å². The second-order valence-electron chi connectivity index (χ2n) is 5.25. The molecule has 6 nitrogen and oxygen atoms in total. The lowest BCUT2D eigenvalue weighted by molar-refractivity contribution is -0.142. The molecule has 0 saturated carbocycles. The van der Waals surface area contributed by atoms with Gasteiger partial charge in [0.2, 0.25) is 0 Å². The molecule has 2 heterocycles. The Hall–Kier alpha value is -2.63. The Balaban J connectivity index is 1.47. The number of para-hydroxylation sites is 1. The van der Waals surface area contributed by atoms with Crippen molar-refractivity contribution in [1.82, 2.24) is 14.9 Å². The molecule has 6 heteroatoms. The third-order valence-electron chi connectivity index (χ3n) is 3.53. The Morgan fingerprint density at radius 2 is 2.09 bits per heavy atom. The van der Waals surface area contributed by atoms with Gasteiger partial charge in [-0.05, 0) is 25.1 Å². The van der Waals surface area contributed by atoms with Crippen molar-refractivity contribution in [2.24, 2.45) is 0 Å². The lowest BCUT2D eigenvalue weighted by Crippen LogP contribution is -2.59. The highest BCUT2D eigenvalue weighted by Gasteiger charge is 2.33. The van der Waals surface area contributed by atoms with Gasteiger partial charge in [0, 0.05) is 19.3 Å². The van der Waals surface area contributed by atoms with E-state index >= 15 is 0 Å². The zero-order valence-electron chi connectivity index (χ0n) is 12.3. The second-order valence-corrected chi connectivity index (χ2v) is 5.25. The van der Waals surface area contributed by atoms with E-state index in [1.54, 1.807) is 18.0 Å². The molecule has 0 radical (unpaired) electrons. The summed E-state index contributed by atoms with van der Waals surface area (Å²) in [5.74, 6) is 1.49. The van der Waals surface area contributed by atoms with Crippen LogP contribution in [0.1, 0.15) is 6.92 Å². The number of rotatable bonds is 5. The first kappa shape index (κ1) is 14.3. The summed E-state index contributed by atoms with van der Waals surface area (Å²) >= 11 is 0. The smallest absolute Gasteiger partial charge is 0.263 e. The van der Waals surface area contributed by atoms with E-state index in [1.165, 1.54) is 6.33 Å². The number of nitrogens with one attached hydrogen (secondary N) is 1. The Kier molecular flexibility index (Phi) is 4.18. The Morgan fingerprint density at radius 1 is 1.32 bits per heavy atom. The molecule has 1 amide bonds. The van der Waals surface area contributed by atoms with Gasteiger partial charge in [0.1, 0.15) is 17.9 Å². The number of ether oxygens (including phenoxy) is 1. The number of amides is 1. The highest BCUT2D eigenvalue weighted by atomic mass is 16.5. The van der Waals surface area contributed by atoms with E-state index in [-0.39, 0.29) is 11.9 Å². The van der Waals surface area contributed by atoms with Gasteiger partial charge in [-0.25, -0.2) is 9.97 Å². The maximum Gasteiger partial charge on any atom is 0.263 e. The fourth-order valence-corrected chi connectivity index (χ4v) is 2.35. The fourth-order valence-electron chi connectivity index (χ4n) is 2.35. The third kappa shape index (κ3) is 3.33. The molecule has 1 N–H and O–H groups in total. The normalized spacial score (nSPS) is 15.8. The minimum Gasteiger partial charge on any atom is -0.481 e. The first-order chi connectivity index (χ1) is 10.7. The molecule has 1 aliphatic heterocycles. The van der Waals surface area contributed by atoms with Gasteiger partial charge in [-0.1, -0.05) is 18.2 Å². The van der Waals surface area contributed by atoms with E-state index in [0.717, 1.165) is 5.82 Å². The number of hydrogen-bond donors (Lipinski definition) is 1. The molecule has 1 aromatic heterocycles. The van der Waals surface area contributed by atoms with Gasteiger partial charge in [-0.3, -0.25) is 4.79 Å². The summed E-state index contributed by atoms with van der Waals surface area (Å²) in [6.07, 6.45) is 2.70. The molecule has 0 bridgehead atoms. The van der Waals surface area contributed by atoms with Crippen LogP contribution in [-0.4, -0.2) is 46.0 Å². The van der Waals surface area contributed by atoms with Gasteiger partial charge in [-0.2, -0.15) is 0 Å². The third-order valence-corrected chi connectivity index (χ3v) is 3.53. The summed E-state index contributed by atoms with van der Waals surface area (Å²) in [6, 6.07) is 11.4. The number of nitrogens with zero attached hydrogens (tertiary/aromatic N) is 3. The Bertz CT molecular complexity index is 615. The Morgan fingerprint density at radius 3 is 2.77 bits per heavy atom. The van der Waals surface area contributed by atoms with Crippen molar-refractivity contribution in [2.45, 2.75) is 19.1 Å². The van der Waals surface area contributed by atoms with Crippen molar-refractivity contribution < 1.29 is 9.53 Å². The number of likely N-dealkylation sites (tertiary alicyclic amines) is 1. The quantitative estimate of drug-likeness (QED) is 0.907. The van der Waals surface area contributed by atoms with E-state index < -0.39 is 6.10 Å². The number of anilines is 1. The molecule has 0 spiro atoms. The van der Waals surface area contributed by atoms with Crippen molar-refractivity contribution in [3.8, 4) is 5.75 Å². The SMILES string of the molecule is CC(Oc1ccccc1)C(=O)N1CC(Nc2ccncn2)C1. The van der Waals surface area contributed by atoms with Gasteiger partial charge in [-0.15, -0.1) is 0 Å². The van der Waals surface area contributed by atoms with E-state index in [0.29, 0.717) is 18.8 Å². The van der Waals surface area contributed by atoms with Crippen molar-refractivity contribution in [3.63, 3.8) is 0 Å². The van der Waals surface area contributed by atoms with Gasteiger partial charge in [0.05, 0.1) is 6.04 Å². The minimum absolute atomic E-state index is 0.00425. The summed E-state index contributed by atoms with van der Waals surface area (Å²) in [7, 11) is 0. The Labute approximate surface area is 129 Å². The number of hydrogen-bond acceptors (Lipinski definition) is 5. The molecule has 3 rings (SSSR count). The van der Waals surface area contributed by atoms with Crippen LogP contribution in [0.4, 0.5) is 5.82 Å². The summed E-state index contributed by atoms with van der Waals surface area (Å²) in [5, 5.41) is 3.27. The van der Waals surface area contributed by atoms with Crippen molar-refractivity contribution >= 4 is 11.7 Å². The largest absolute Gasteiger partial charge is 0.481 e. The number of benzene rings is 1. The predicted molar refractivity (Wildman–Crippen MR) is 82.6 cm³/mol. The summed E-state index contributed by atoms with van der Waals surface area (Å²) in [6.45, 7) is 3.09. The molecule has 1 unspecified atom stereocenters. The van der Waals surface area contributed by atoms with Crippen LogP contribution in [0.3, 0.4) is 0 Å². The molecular formula is C16H18N4O2. The van der Waals surface area contributed by atoms with Crippen LogP contribution in [0.2, 0.25) is 0 Å². The lowest BCUT2D eigenvalue weighted by Gasteiger charge is -2.40. The zero-order chi connectivity index (χ0) is 15.4. The number of carbonyl (C=O) groups is 1. The second kappa shape index (κ2) is 6.43. The summed E-state index contributed by atoms with van der Waals surface area (Å²) in [5.41, 5.74) is 0. The zero-order valence-corrected chi connectivity index (χ0v) is 12.3. The molecular weight excluding hydrogens is 280 g/mol. The van der Waals surface area contributed by atoms with Crippen LogP contribution in [-0.2, 0) is 4.79 Å². The molecule has 1 fully saturated rings. The van der Waals surface area contributed by atoms with Gasteiger partial charge in [0.15, 0.2) is 6.10 Å². The molecule has 1 atom stereocenters. The van der Waals surface area contributed by atoms with Crippen LogP contribution in [0, 0.1) is 0 Å². The fraction of sp³-hybridized carbons (Fsp3) is 0.312. The standard InChI is InChI=1S/C16H18N4O2/c1-12(22-14-5-3-2-4-6-14)16(21)20-9-13(10-20)19-15-7-8-17-11-18-15/h2-8,11-13H,9-10H2,1H3,(H,17,18,19). The van der Waals surface area contributed by atoms with Crippen molar-refractivity contribution in [2.75, 3.05) is 18.4 Å². The van der Waals surface area contributed by atoms with E-state index in [4.69, 9.17) is 4.74 Å².